The first-order chi connectivity index (χ1) is 10.6. The zero-order valence-corrected chi connectivity index (χ0v) is 12.8. The molecule has 118 valence electrons. The molecule has 7 heteroatoms. The van der Waals surface area contributed by atoms with Gasteiger partial charge in [-0.25, -0.2) is 9.37 Å². The average Bonchev–Trinajstić information content (AvgIpc) is 2.95. The van der Waals surface area contributed by atoms with E-state index in [1.54, 1.807) is 20.1 Å². The van der Waals surface area contributed by atoms with Gasteiger partial charge < -0.3 is 9.26 Å². The molecule has 2 aromatic rings. The summed E-state index contributed by atoms with van der Waals surface area (Å²) in [6, 6.07) is 5.59. The highest BCUT2D eigenvalue weighted by molar-refractivity contribution is 5.16. The molecule has 1 saturated heterocycles. The van der Waals surface area contributed by atoms with Crippen molar-refractivity contribution in [2.24, 2.45) is 0 Å². The van der Waals surface area contributed by atoms with Gasteiger partial charge in [0.2, 0.25) is 11.5 Å². The van der Waals surface area contributed by atoms with E-state index < -0.39 is 5.67 Å². The Morgan fingerprint density at radius 2 is 2.27 bits per heavy atom. The molecule has 0 N–H and O–H groups in total. The summed E-state index contributed by atoms with van der Waals surface area (Å²) in [5.74, 6) is 1.10. The van der Waals surface area contributed by atoms with Crippen LogP contribution in [0.1, 0.15) is 30.3 Å². The molecule has 22 heavy (non-hydrogen) atoms. The van der Waals surface area contributed by atoms with Gasteiger partial charge in [-0.15, -0.1) is 0 Å². The predicted octanol–water partition coefficient (Wildman–Crippen LogP) is 2.24. The van der Waals surface area contributed by atoms with Crippen LogP contribution in [0.3, 0.4) is 0 Å². The molecule has 1 fully saturated rings. The molecule has 1 unspecified atom stereocenters. The number of aromatic nitrogens is 3. The monoisotopic (exact) mass is 306 g/mol. The molecule has 0 spiro atoms. The van der Waals surface area contributed by atoms with Crippen LogP contribution in [-0.2, 0) is 12.2 Å². The zero-order valence-electron chi connectivity index (χ0n) is 12.8. The number of piperidine rings is 1. The predicted molar refractivity (Wildman–Crippen MR) is 77.1 cm³/mol. The van der Waals surface area contributed by atoms with Crippen LogP contribution in [-0.4, -0.2) is 40.2 Å². The number of methoxy groups -OCH3 is 1. The van der Waals surface area contributed by atoms with Gasteiger partial charge in [0.25, 0.3) is 5.89 Å². The van der Waals surface area contributed by atoms with Crippen LogP contribution in [0.5, 0.6) is 5.88 Å². The van der Waals surface area contributed by atoms with Crippen LogP contribution < -0.4 is 4.74 Å². The molecule has 0 aliphatic carbocycles. The molecule has 3 rings (SSSR count). The van der Waals surface area contributed by atoms with E-state index in [1.165, 1.54) is 0 Å². The molecule has 6 nitrogen and oxygen atoms in total. The van der Waals surface area contributed by atoms with Crippen molar-refractivity contribution < 1.29 is 13.7 Å². The molecule has 0 aromatic carbocycles. The fourth-order valence-electron chi connectivity index (χ4n) is 2.77. The summed E-state index contributed by atoms with van der Waals surface area (Å²) in [5, 5.41) is 3.70. The Morgan fingerprint density at radius 1 is 1.41 bits per heavy atom. The van der Waals surface area contributed by atoms with Crippen molar-refractivity contribution >= 4 is 0 Å². The summed E-state index contributed by atoms with van der Waals surface area (Å²) in [4.78, 5) is 10.5. The van der Waals surface area contributed by atoms with E-state index >= 15 is 4.39 Å². The SMILES string of the molecule is COc1cccc(CN2CCCC(F)(c3nc(C)no3)C2)n1. The normalized spacial score (nSPS) is 22.7. The van der Waals surface area contributed by atoms with E-state index in [9.17, 15) is 0 Å². The summed E-state index contributed by atoms with van der Waals surface area (Å²) in [6.45, 7) is 3.30. The lowest BCUT2D eigenvalue weighted by molar-refractivity contribution is 0.0119. The van der Waals surface area contributed by atoms with Gasteiger partial charge in [-0.2, -0.15) is 4.98 Å². The Bertz CT molecular complexity index is 648. The number of pyridine rings is 1. The highest BCUT2D eigenvalue weighted by Crippen LogP contribution is 2.35. The number of likely N-dealkylation sites (tertiary alicyclic amines) is 1. The third-order valence-corrected chi connectivity index (χ3v) is 3.81. The van der Waals surface area contributed by atoms with Gasteiger partial charge in [0.05, 0.1) is 12.8 Å². The molecule has 3 heterocycles. The van der Waals surface area contributed by atoms with Crippen molar-refractivity contribution in [1.29, 1.82) is 0 Å². The second-order valence-electron chi connectivity index (χ2n) is 5.60. The number of aryl methyl sites for hydroxylation is 1. The van der Waals surface area contributed by atoms with E-state index in [-0.39, 0.29) is 12.4 Å². The fourth-order valence-corrected chi connectivity index (χ4v) is 2.77. The van der Waals surface area contributed by atoms with Crippen molar-refractivity contribution in [2.45, 2.75) is 32.0 Å². The molecule has 2 aromatic heterocycles. The lowest BCUT2D eigenvalue weighted by Gasteiger charge is -2.34. The summed E-state index contributed by atoms with van der Waals surface area (Å²) >= 11 is 0. The number of alkyl halides is 1. The van der Waals surface area contributed by atoms with Crippen molar-refractivity contribution in [2.75, 3.05) is 20.2 Å². The minimum absolute atomic E-state index is 0.0771. The zero-order chi connectivity index (χ0) is 15.6. The summed E-state index contributed by atoms with van der Waals surface area (Å²) in [7, 11) is 1.58. The molecule has 0 radical (unpaired) electrons. The highest BCUT2D eigenvalue weighted by atomic mass is 19.1. The molecule has 1 atom stereocenters. The second-order valence-corrected chi connectivity index (χ2v) is 5.60. The number of ether oxygens (including phenoxy) is 1. The Hall–Kier alpha value is -2.02. The number of hydrogen-bond acceptors (Lipinski definition) is 6. The minimum Gasteiger partial charge on any atom is -0.481 e. The van der Waals surface area contributed by atoms with Gasteiger partial charge in [-0.1, -0.05) is 11.2 Å². The van der Waals surface area contributed by atoms with Crippen molar-refractivity contribution in [3.8, 4) is 5.88 Å². The Morgan fingerprint density at radius 3 is 3.00 bits per heavy atom. The standard InChI is InChI=1S/C15H19FN4O2/c1-11-17-14(22-19-11)15(16)7-4-8-20(10-15)9-12-5-3-6-13(18-12)21-2/h3,5-6H,4,7-10H2,1-2H3. The van der Waals surface area contributed by atoms with E-state index in [2.05, 4.69) is 15.1 Å². The third kappa shape index (κ3) is 3.09. The molecule has 0 bridgehead atoms. The lowest BCUT2D eigenvalue weighted by atomic mass is 9.94. The minimum atomic E-state index is -1.58. The van der Waals surface area contributed by atoms with Gasteiger partial charge in [-0.3, -0.25) is 4.90 Å². The van der Waals surface area contributed by atoms with Gasteiger partial charge in [0.1, 0.15) is 0 Å². The number of hydrogen-bond donors (Lipinski definition) is 0. The summed E-state index contributed by atoms with van der Waals surface area (Å²) in [5.41, 5.74) is -0.733. The maximum Gasteiger partial charge on any atom is 0.265 e. The maximum absolute atomic E-state index is 15.1. The van der Waals surface area contributed by atoms with Gasteiger partial charge in [-0.05, 0) is 32.4 Å². The molecule has 1 aliphatic rings. The van der Waals surface area contributed by atoms with Gasteiger partial charge >= 0.3 is 0 Å². The van der Waals surface area contributed by atoms with Crippen LogP contribution >= 0.6 is 0 Å². The highest BCUT2D eigenvalue weighted by Gasteiger charge is 2.42. The molecule has 1 aliphatic heterocycles. The Balaban J connectivity index is 1.72. The first-order valence-corrected chi connectivity index (χ1v) is 7.31. The quantitative estimate of drug-likeness (QED) is 0.863. The maximum atomic E-state index is 15.1. The van der Waals surface area contributed by atoms with Crippen LogP contribution in [0.2, 0.25) is 0 Å². The van der Waals surface area contributed by atoms with E-state index in [1.807, 2.05) is 17.0 Å². The molecular formula is C15H19FN4O2. The van der Waals surface area contributed by atoms with Crippen molar-refractivity contribution in [3.63, 3.8) is 0 Å². The number of rotatable bonds is 4. The fraction of sp³-hybridized carbons (Fsp3) is 0.533. The topological polar surface area (TPSA) is 64.3 Å². The molecule has 0 amide bonds. The largest absolute Gasteiger partial charge is 0.481 e. The Labute approximate surface area is 128 Å². The first kappa shape index (κ1) is 14.9. The third-order valence-electron chi connectivity index (χ3n) is 3.81. The summed E-state index contributed by atoms with van der Waals surface area (Å²) < 4.78 is 25.3. The Kier molecular flexibility index (Phi) is 4.06. The van der Waals surface area contributed by atoms with Crippen LogP contribution in [0.15, 0.2) is 22.7 Å². The van der Waals surface area contributed by atoms with E-state index in [0.29, 0.717) is 24.7 Å². The van der Waals surface area contributed by atoms with E-state index in [0.717, 1.165) is 18.7 Å². The average molecular weight is 306 g/mol. The number of halogens is 1. The van der Waals surface area contributed by atoms with E-state index in [4.69, 9.17) is 9.26 Å². The molecule has 0 saturated carbocycles. The molecular weight excluding hydrogens is 287 g/mol. The first-order valence-electron chi connectivity index (χ1n) is 7.31. The lowest BCUT2D eigenvalue weighted by Crippen LogP contribution is -2.43. The van der Waals surface area contributed by atoms with Crippen LogP contribution in [0.25, 0.3) is 0 Å². The van der Waals surface area contributed by atoms with Crippen molar-refractivity contribution in [3.05, 3.63) is 35.6 Å². The second kappa shape index (κ2) is 6.00. The van der Waals surface area contributed by atoms with Crippen LogP contribution in [0.4, 0.5) is 4.39 Å². The number of nitrogens with zero attached hydrogens (tertiary/aromatic N) is 4. The van der Waals surface area contributed by atoms with Gasteiger partial charge in [0, 0.05) is 19.2 Å². The van der Waals surface area contributed by atoms with Crippen LogP contribution in [0, 0.1) is 6.92 Å². The van der Waals surface area contributed by atoms with Crippen molar-refractivity contribution in [1.82, 2.24) is 20.0 Å². The smallest absolute Gasteiger partial charge is 0.265 e. The summed E-state index contributed by atoms with van der Waals surface area (Å²) in [6.07, 6.45) is 1.14. The van der Waals surface area contributed by atoms with Gasteiger partial charge in [0.15, 0.2) is 5.82 Å².